The number of hydrogen-bond donors (Lipinski definition) is 1. The molecule has 1 fully saturated rings. The van der Waals surface area contributed by atoms with Crippen LogP contribution in [0.15, 0.2) is 54.2 Å². The first-order valence-electron chi connectivity index (χ1n) is 8.52. The second kappa shape index (κ2) is 6.30. The Morgan fingerprint density at radius 1 is 1.15 bits per heavy atom. The van der Waals surface area contributed by atoms with Crippen molar-refractivity contribution in [1.82, 2.24) is 9.97 Å². The monoisotopic (exact) mass is 364 g/mol. The molecule has 0 spiro atoms. The second-order valence-corrected chi connectivity index (χ2v) is 7.97. The maximum atomic E-state index is 12.5. The molecule has 1 aliphatic rings. The largest absolute Gasteiger partial charge is 0.320 e. The van der Waals surface area contributed by atoms with Gasteiger partial charge in [0, 0.05) is 28.9 Å². The highest BCUT2D eigenvalue weighted by molar-refractivity contribution is 7.14. The van der Waals surface area contributed by atoms with Crippen LogP contribution in [0, 0.1) is 0 Å². The van der Waals surface area contributed by atoms with Crippen LogP contribution in [-0.2, 0) is 4.79 Å². The number of anilines is 1. The van der Waals surface area contributed by atoms with E-state index in [1.165, 1.54) is 11.3 Å². The summed E-state index contributed by atoms with van der Waals surface area (Å²) in [4.78, 5) is 23.0. The quantitative estimate of drug-likeness (QED) is 0.769. The number of aromatic nitrogens is 2. The summed E-state index contributed by atoms with van der Waals surface area (Å²) in [5.41, 5.74) is 9.76. The average molecular weight is 364 g/mol. The second-order valence-electron chi connectivity index (χ2n) is 7.13. The molecular weight excluding hydrogens is 344 g/mol. The van der Waals surface area contributed by atoms with Crippen LogP contribution < -0.4 is 10.6 Å². The minimum atomic E-state index is -0.452. The van der Waals surface area contributed by atoms with E-state index in [0.29, 0.717) is 11.6 Å². The third-order valence-electron chi connectivity index (χ3n) is 4.72. The summed E-state index contributed by atoms with van der Waals surface area (Å²) >= 11 is 1.48. The van der Waals surface area contributed by atoms with Crippen molar-refractivity contribution >= 4 is 22.4 Å². The van der Waals surface area contributed by atoms with Crippen molar-refractivity contribution in [3.8, 4) is 22.4 Å². The Morgan fingerprint density at radius 2 is 1.88 bits per heavy atom. The van der Waals surface area contributed by atoms with Gasteiger partial charge in [-0.05, 0) is 49.6 Å². The molecule has 1 aromatic carbocycles. The normalized spacial score (nSPS) is 19.1. The van der Waals surface area contributed by atoms with Crippen LogP contribution in [0.1, 0.15) is 20.3 Å². The molecule has 5 nitrogen and oxygen atoms in total. The lowest BCUT2D eigenvalue weighted by atomic mass is 10.0. The smallest absolute Gasteiger partial charge is 0.246 e. The number of rotatable bonds is 3. The van der Waals surface area contributed by atoms with Crippen LogP contribution in [0.3, 0.4) is 0 Å². The van der Waals surface area contributed by atoms with Crippen molar-refractivity contribution < 1.29 is 4.79 Å². The molecule has 1 unspecified atom stereocenters. The number of nitrogens with zero attached hydrogens (tertiary/aromatic N) is 3. The first kappa shape index (κ1) is 16.9. The Bertz CT molecular complexity index is 951. The maximum absolute atomic E-state index is 12.5. The molecule has 2 aromatic heterocycles. The van der Waals surface area contributed by atoms with E-state index in [2.05, 4.69) is 17.1 Å². The number of amides is 1. The summed E-state index contributed by atoms with van der Waals surface area (Å²) in [6.45, 7) is 4.06. The van der Waals surface area contributed by atoms with Gasteiger partial charge in [-0.1, -0.05) is 18.2 Å². The summed E-state index contributed by atoms with van der Waals surface area (Å²) in [7, 11) is 0. The van der Waals surface area contributed by atoms with Gasteiger partial charge in [0.25, 0.3) is 0 Å². The van der Waals surface area contributed by atoms with Crippen molar-refractivity contribution in [1.29, 1.82) is 0 Å². The van der Waals surface area contributed by atoms with E-state index in [1.54, 1.807) is 17.3 Å². The van der Waals surface area contributed by atoms with Gasteiger partial charge in [0.15, 0.2) is 5.13 Å². The highest BCUT2D eigenvalue weighted by Gasteiger charge is 2.45. The van der Waals surface area contributed by atoms with Gasteiger partial charge in [-0.15, -0.1) is 11.3 Å². The highest BCUT2D eigenvalue weighted by atomic mass is 32.1. The predicted molar refractivity (Wildman–Crippen MR) is 105 cm³/mol. The number of thiazole rings is 1. The Hall–Kier alpha value is -2.57. The SMILES string of the molecule is CC1(C)CC(N)C(=O)N1c1nc(-c2cccc(-c3ccncc3)c2)cs1. The van der Waals surface area contributed by atoms with Crippen LogP contribution in [0.5, 0.6) is 0 Å². The van der Waals surface area contributed by atoms with Gasteiger partial charge in [0.2, 0.25) is 5.91 Å². The highest BCUT2D eigenvalue weighted by Crippen LogP contribution is 2.38. The van der Waals surface area contributed by atoms with Crippen LogP contribution >= 0.6 is 11.3 Å². The Morgan fingerprint density at radius 3 is 2.58 bits per heavy atom. The lowest BCUT2D eigenvalue weighted by Crippen LogP contribution is -2.41. The van der Waals surface area contributed by atoms with Crippen molar-refractivity contribution in [3.63, 3.8) is 0 Å². The van der Waals surface area contributed by atoms with Crippen molar-refractivity contribution in [2.24, 2.45) is 5.73 Å². The Labute approximate surface area is 156 Å². The molecule has 132 valence electrons. The zero-order valence-electron chi connectivity index (χ0n) is 14.7. The van der Waals surface area contributed by atoms with Gasteiger partial charge in [-0.3, -0.25) is 14.7 Å². The molecule has 1 amide bonds. The van der Waals surface area contributed by atoms with E-state index in [-0.39, 0.29) is 11.4 Å². The van der Waals surface area contributed by atoms with Crippen LogP contribution in [0.25, 0.3) is 22.4 Å². The molecule has 1 saturated heterocycles. The molecule has 0 bridgehead atoms. The predicted octanol–water partition coefficient (Wildman–Crippen LogP) is 3.71. The van der Waals surface area contributed by atoms with E-state index >= 15 is 0 Å². The lowest BCUT2D eigenvalue weighted by molar-refractivity contribution is -0.118. The van der Waals surface area contributed by atoms with Crippen molar-refractivity contribution in [2.45, 2.75) is 31.8 Å². The van der Waals surface area contributed by atoms with E-state index in [4.69, 9.17) is 10.7 Å². The first-order chi connectivity index (χ1) is 12.5. The molecule has 2 N–H and O–H groups in total. The minimum absolute atomic E-state index is 0.0542. The van der Waals surface area contributed by atoms with Gasteiger partial charge in [-0.25, -0.2) is 4.98 Å². The molecule has 1 atom stereocenters. The molecule has 6 heteroatoms. The van der Waals surface area contributed by atoms with Crippen LogP contribution in [0.2, 0.25) is 0 Å². The van der Waals surface area contributed by atoms with E-state index < -0.39 is 6.04 Å². The van der Waals surface area contributed by atoms with Crippen LogP contribution in [0.4, 0.5) is 5.13 Å². The number of carbonyl (C=O) groups excluding carboxylic acids is 1. The zero-order chi connectivity index (χ0) is 18.3. The molecule has 0 aliphatic carbocycles. The van der Waals surface area contributed by atoms with E-state index in [0.717, 1.165) is 22.4 Å². The summed E-state index contributed by atoms with van der Waals surface area (Å²) in [6, 6.07) is 11.7. The number of hydrogen-bond acceptors (Lipinski definition) is 5. The van der Waals surface area contributed by atoms with Crippen molar-refractivity contribution in [3.05, 3.63) is 54.2 Å². The fraction of sp³-hybridized carbons (Fsp3) is 0.250. The Kier molecular flexibility index (Phi) is 4.09. The van der Waals surface area contributed by atoms with Gasteiger partial charge >= 0.3 is 0 Å². The third-order valence-corrected chi connectivity index (χ3v) is 5.54. The number of benzene rings is 1. The third kappa shape index (κ3) is 2.91. The first-order valence-corrected chi connectivity index (χ1v) is 9.40. The molecule has 4 rings (SSSR count). The lowest BCUT2D eigenvalue weighted by Gasteiger charge is -2.28. The van der Waals surface area contributed by atoms with Crippen molar-refractivity contribution in [2.75, 3.05) is 4.90 Å². The molecule has 26 heavy (non-hydrogen) atoms. The average Bonchev–Trinajstić information content (AvgIpc) is 3.18. The van der Waals surface area contributed by atoms with Gasteiger partial charge in [0.05, 0.1) is 11.7 Å². The standard InChI is InChI=1S/C20H20N4OS/c1-20(2)11-16(21)18(25)24(20)19-23-17(12-26-19)15-5-3-4-14(10-15)13-6-8-22-9-7-13/h3-10,12,16H,11,21H2,1-2H3. The summed E-state index contributed by atoms with van der Waals surface area (Å²) in [5, 5.41) is 2.70. The van der Waals surface area contributed by atoms with E-state index in [9.17, 15) is 4.79 Å². The summed E-state index contributed by atoms with van der Waals surface area (Å²) < 4.78 is 0. The molecule has 3 aromatic rings. The van der Waals surface area contributed by atoms with Gasteiger partial charge < -0.3 is 5.73 Å². The summed E-state index contributed by atoms with van der Waals surface area (Å²) in [5.74, 6) is -0.0542. The molecular formula is C20H20N4OS. The summed E-state index contributed by atoms with van der Waals surface area (Å²) in [6.07, 6.45) is 4.21. The minimum Gasteiger partial charge on any atom is -0.320 e. The molecule has 0 saturated carbocycles. The van der Waals surface area contributed by atoms with Gasteiger partial charge in [-0.2, -0.15) is 0 Å². The number of carbonyl (C=O) groups is 1. The molecule has 3 heterocycles. The maximum Gasteiger partial charge on any atom is 0.246 e. The van der Waals surface area contributed by atoms with E-state index in [1.807, 2.05) is 43.5 Å². The Balaban J connectivity index is 1.68. The molecule has 1 aliphatic heterocycles. The fourth-order valence-electron chi connectivity index (χ4n) is 3.44. The number of nitrogens with two attached hydrogens (primary N) is 1. The zero-order valence-corrected chi connectivity index (χ0v) is 15.5. The number of pyridine rings is 1. The topological polar surface area (TPSA) is 72.1 Å². The molecule has 0 radical (unpaired) electrons. The van der Waals surface area contributed by atoms with Crippen LogP contribution in [-0.4, -0.2) is 27.5 Å². The fourth-order valence-corrected chi connectivity index (χ4v) is 4.44. The van der Waals surface area contributed by atoms with Gasteiger partial charge in [0.1, 0.15) is 0 Å².